The number of rotatable bonds is 3. The molecule has 1 heterocycles. The highest BCUT2D eigenvalue weighted by atomic mass is 16.5. The summed E-state index contributed by atoms with van der Waals surface area (Å²) in [5.74, 6) is -1.13. The Hall–Kier alpha value is -2.01. The number of amides is 1. The van der Waals surface area contributed by atoms with Crippen LogP contribution in [0.1, 0.15) is 27.6 Å². The minimum absolute atomic E-state index is 0.0708. The lowest BCUT2D eigenvalue weighted by atomic mass is 10.1. The van der Waals surface area contributed by atoms with Gasteiger partial charge in [-0.2, -0.15) is 0 Å². The Kier molecular flexibility index (Phi) is 4.06. The fraction of sp³-hybridized carbons (Fsp3) is 0.357. The molecule has 1 saturated heterocycles. The van der Waals surface area contributed by atoms with Crippen LogP contribution in [0.2, 0.25) is 0 Å². The number of ether oxygens (including phenoxy) is 1. The maximum atomic E-state index is 12.0. The summed E-state index contributed by atoms with van der Waals surface area (Å²) in [6, 6.07) is 6.14. The van der Waals surface area contributed by atoms with Crippen molar-refractivity contribution in [2.45, 2.75) is 6.92 Å². The number of hydrogen-bond acceptors (Lipinski definition) is 4. The van der Waals surface area contributed by atoms with E-state index in [1.807, 2.05) is 0 Å². The van der Waals surface area contributed by atoms with Crippen molar-refractivity contribution in [1.29, 1.82) is 0 Å². The van der Waals surface area contributed by atoms with Gasteiger partial charge in [0.2, 0.25) is 5.78 Å². The molecule has 100 valence electrons. The van der Waals surface area contributed by atoms with Gasteiger partial charge in [0, 0.05) is 24.2 Å². The Balaban J connectivity index is 2.10. The van der Waals surface area contributed by atoms with Crippen molar-refractivity contribution in [3.05, 3.63) is 35.4 Å². The van der Waals surface area contributed by atoms with Crippen molar-refractivity contribution in [2.75, 3.05) is 26.3 Å². The average Bonchev–Trinajstić information content (AvgIpc) is 2.46. The second kappa shape index (κ2) is 5.75. The second-order valence-electron chi connectivity index (χ2n) is 4.37. The van der Waals surface area contributed by atoms with Crippen LogP contribution in [0.3, 0.4) is 0 Å². The lowest BCUT2D eigenvalue weighted by molar-refractivity contribution is -0.130. The zero-order valence-electron chi connectivity index (χ0n) is 10.7. The van der Waals surface area contributed by atoms with Gasteiger partial charge >= 0.3 is 0 Å². The molecule has 1 amide bonds. The van der Waals surface area contributed by atoms with E-state index in [1.54, 1.807) is 12.1 Å². The number of ketones is 2. The molecule has 0 saturated carbocycles. The molecule has 0 aromatic heterocycles. The SMILES string of the molecule is CC(=O)c1ccc(C(=O)C(=O)N2CCOCC2)cc1. The van der Waals surface area contributed by atoms with E-state index >= 15 is 0 Å². The number of carbonyl (C=O) groups is 3. The minimum atomic E-state index is -0.544. The van der Waals surface area contributed by atoms with E-state index in [2.05, 4.69) is 0 Å². The Morgan fingerprint density at radius 1 is 1.00 bits per heavy atom. The van der Waals surface area contributed by atoms with Crippen LogP contribution in [0.15, 0.2) is 24.3 Å². The van der Waals surface area contributed by atoms with Crippen LogP contribution in [0.5, 0.6) is 0 Å². The zero-order chi connectivity index (χ0) is 13.8. The number of benzene rings is 1. The van der Waals surface area contributed by atoms with E-state index in [-0.39, 0.29) is 5.78 Å². The molecule has 5 nitrogen and oxygen atoms in total. The third-order valence-electron chi connectivity index (χ3n) is 3.05. The molecule has 1 fully saturated rings. The van der Waals surface area contributed by atoms with E-state index < -0.39 is 11.7 Å². The second-order valence-corrected chi connectivity index (χ2v) is 4.37. The highest BCUT2D eigenvalue weighted by molar-refractivity contribution is 6.42. The number of Topliss-reactive ketones (excluding diaryl/α,β-unsaturated/α-hetero) is 2. The monoisotopic (exact) mass is 261 g/mol. The van der Waals surface area contributed by atoms with Crippen LogP contribution >= 0.6 is 0 Å². The molecule has 2 rings (SSSR count). The van der Waals surface area contributed by atoms with Crippen molar-refractivity contribution in [1.82, 2.24) is 4.90 Å². The first-order valence-corrected chi connectivity index (χ1v) is 6.12. The van der Waals surface area contributed by atoms with E-state index in [9.17, 15) is 14.4 Å². The van der Waals surface area contributed by atoms with Crippen LogP contribution in [0, 0.1) is 0 Å². The molecule has 0 unspecified atom stereocenters. The van der Waals surface area contributed by atoms with Gasteiger partial charge in [0.05, 0.1) is 13.2 Å². The Bertz CT molecular complexity index is 501. The maximum Gasteiger partial charge on any atom is 0.295 e. The smallest absolute Gasteiger partial charge is 0.295 e. The third-order valence-corrected chi connectivity index (χ3v) is 3.05. The fourth-order valence-electron chi connectivity index (χ4n) is 1.89. The van der Waals surface area contributed by atoms with Gasteiger partial charge in [-0.3, -0.25) is 14.4 Å². The van der Waals surface area contributed by atoms with E-state index in [0.29, 0.717) is 37.4 Å². The van der Waals surface area contributed by atoms with Crippen LogP contribution in [0.25, 0.3) is 0 Å². The molecule has 0 bridgehead atoms. The molecule has 1 aliphatic rings. The molecule has 5 heteroatoms. The summed E-state index contributed by atoms with van der Waals surface area (Å²) < 4.78 is 5.13. The summed E-state index contributed by atoms with van der Waals surface area (Å²) >= 11 is 0. The Morgan fingerprint density at radius 2 is 1.53 bits per heavy atom. The molecule has 1 aromatic rings. The predicted octanol–water partition coefficient (Wildman–Crippen LogP) is 0.931. The van der Waals surface area contributed by atoms with Gasteiger partial charge in [-0.15, -0.1) is 0 Å². The molecule has 19 heavy (non-hydrogen) atoms. The van der Waals surface area contributed by atoms with Gasteiger partial charge in [0.15, 0.2) is 5.78 Å². The van der Waals surface area contributed by atoms with E-state index in [1.165, 1.54) is 24.0 Å². The van der Waals surface area contributed by atoms with Gasteiger partial charge < -0.3 is 9.64 Å². The molecule has 0 radical (unpaired) electrons. The summed E-state index contributed by atoms with van der Waals surface area (Å²) in [4.78, 5) is 36.6. The lowest BCUT2D eigenvalue weighted by Crippen LogP contribution is -2.44. The Morgan fingerprint density at radius 3 is 2.05 bits per heavy atom. The average molecular weight is 261 g/mol. The van der Waals surface area contributed by atoms with Gasteiger partial charge in [-0.05, 0) is 6.92 Å². The minimum Gasteiger partial charge on any atom is -0.378 e. The summed E-state index contributed by atoms with van der Waals surface area (Å²) in [6.07, 6.45) is 0. The molecular weight excluding hydrogens is 246 g/mol. The number of nitrogens with zero attached hydrogens (tertiary/aromatic N) is 1. The highest BCUT2D eigenvalue weighted by Crippen LogP contribution is 2.08. The van der Waals surface area contributed by atoms with Crippen LogP contribution in [-0.2, 0) is 9.53 Å². The van der Waals surface area contributed by atoms with Crippen molar-refractivity contribution in [3.8, 4) is 0 Å². The first-order chi connectivity index (χ1) is 9.09. The van der Waals surface area contributed by atoms with Gasteiger partial charge in [0.25, 0.3) is 5.91 Å². The molecule has 0 spiro atoms. The first-order valence-electron chi connectivity index (χ1n) is 6.12. The molecule has 1 aromatic carbocycles. The topological polar surface area (TPSA) is 63.7 Å². The lowest BCUT2D eigenvalue weighted by Gasteiger charge is -2.26. The quantitative estimate of drug-likeness (QED) is 0.600. The third kappa shape index (κ3) is 3.06. The van der Waals surface area contributed by atoms with Crippen molar-refractivity contribution < 1.29 is 19.1 Å². The van der Waals surface area contributed by atoms with Crippen LogP contribution < -0.4 is 0 Å². The van der Waals surface area contributed by atoms with Gasteiger partial charge in [-0.1, -0.05) is 24.3 Å². The zero-order valence-corrected chi connectivity index (χ0v) is 10.7. The molecular formula is C14H15NO4. The number of carbonyl (C=O) groups excluding carboxylic acids is 3. The van der Waals surface area contributed by atoms with Gasteiger partial charge in [-0.25, -0.2) is 0 Å². The first kappa shape index (κ1) is 13.4. The molecule has 0 N–H and O–H groups in total. The summed E-state index contributed by atoms with van der Waals surface area (Å²) in [5, 5.41) is 0. The van der Waals surface area contributed by atoms with Crippen LogP contribution in [0.4, 0.5) is 0 Å². The van der Waals surface area contributed by atoms with Crippen molar-refractivity contribution in [3.63, 3.8) is 0 Å². The fourth-order valence-corrected chi connectivity index (χ4v) is 1.89. The standard InChI is InChI=1S/C14H15NO4/c1-10(16)11-2-4-12(5-3-11)13(17)14(18)15-6-8-19-9-7-15/h2-5H,6-9H2,1H3. The summed E-state index contributed by atoms with van der Waals surface area (Å²) in [6.45, 7) is 3.26. The largest absolute Gasteiger partial charge is 0.378 e. The van der Waals surface area contributed by atoms with Crippen molar-refractivity contribution in [2.24, 2.45) is 0 Å². The molecule has 0 aliphatic carbocycles. The summed E-state index contributed by atoms with van der Waals surface area (Å²) in [5.41, 5.74) is 0.830. The highest BCUT2D eigenvalue weighted by Gasteiger charge is 2.24. The van der Waals surface area contributed by atoms with Gasteiger partial charge in [0.1, 0.15) is 0 Å². The number of morpholine rings is 1. The Labute approximate surface area is 111 Å². The predicted molar refractivity (Wildman–Crippen MR) is 68.2 cm³/mol. The number of hydrogen-bond donors (Lipinski definition) is 0. The molecule has 0 atom stereocenters. The maximum absolute atomic E-state index is 12.0. The van der Waals surface area contributed by atoms with E-state index in [4.69, 9.17) is 4.74 Å². The van der Waals surface area contributed by atoms with Crippen LogP contribution in [-0.4, -0.2) is 48.7 Å². The van der Waals surface area contributed by atoms with Crippen molar-refractivity contribution >= 4 is 17.5 Å². The molecule has 1 aliphatic heterocycles. The van der Waals surface area contributed by atoms with E-state index in [0.717, 1.165) is 0 Å². The normalized spacial score (nSPS) is 15.1. The summed E-state index contributed by atoms with van der Waals surface area (Å²) in [7, 11) is 0.